The summed E-state index contributed by atoms with van der Waals surface area (Å²) in [5, 5.41) is 8.37. The molecule has 3 heterocycles. The van der Waals surface area contributed by atoms with Gasteiger partial charge in [-0.15, -0.1) is 0 Å². The molecule has 4 aromatic rings. The van der Waals surface area contributed by atoms with Crippen LogP contribution in [0.4, 0.5) is 31.9 Å². The van der Waals surface area contributed by atoms with Crippen LogP contribution in [0.5, 0.6) is 0 Å². The zero-order valence-electron chi connectivity index (χ0n) is 17.0. The van der Waals surface area contributed by atoms with E-state index in [1.807, 2.05) is 7.05 Å². The number of nitrogens with one attached hydrogen (secondary N) is 1. The first-order valence-electron chi connectivity index (χ1n) is 10.0. The van der Waals surface area contributed by atoms with Crippen LogP contribution in [0.1, 0.15) is 0 Å². The number of piperazine rings is 1. The molecule has 0 bridgehead atoms. The number of aromatic nitrogens is 4. The van der Waals surface area contributed by atoms with Gasteiger partial charge in [0.1, 0.15) is 17.5 Å². The standard InChI is InChI=1S/C22H21F2N7/c1-29-21-19(14-25-29)20(26-17-6-2-15(23)3-7-17)27-22(28-21)31-12-10-30(11-13-31)18-8-4-16(24)5-9-18/h2-9,14H,10-13H2,1H3,(H,26,27,28). The van der Waals surface area contributed by atoms with Gasteiger partial charge in [-0.25, -0.2) is 8.78 Å². The van der Waals surface area contributed by atoms with Crippen LogP contribution in [0, 0.1) is 11.6 Å². The van der Waals surface area contributed by atoms with Crippen molar-refractivity contribution in [3.05, 3.63) is 66.4 Å². The molecule has 5 rings (SSSR count). The molecule has 1 fully saturated rings. The number of hydrogen-bond acceptors (Lipinski definition) is 6. The predicted molar refractivity (Wildman–Crippen MR) is 117 cm³/mol. The molecule has 0 aliphatic carbocycles. The Morgan fingerprint density at radius 1 is 0.806 bits per heavy atom. The minimum atomic E-state index is -0.292. The van der Waals surface area contributed by atoms with Gasteiger partial charge in [-0.3, -0.25) is 4.68 Å². The molecule has 0 radical (unpaired) electrons. The van der Waals surface area contributed by atoms with Gasteiger partial charge in [0.25, 0.3) is 0 Å². The van der Waals surface area contributed by atoms with Crippen molar-refractivity contribution in [2.24, 2.45) is 7.05 Å². The Hall–Kier alpha value is -3.75. The number of hydrogen-bond donors (Lipinski definition) is 1. The Morgan fingerprint density at radius 3 is 2.10 bits per heavy atom. The molecule has 1 saturated heterocycles. The number of anilines is 4. The monoisotopic (exact) mass is 421 g/mol. The van der Waals surface area contributed by atoms with Crippen LogP contribution >= 0.6 is 0 Å². The molecular weight excluding hydrogens is 400 g/mol. The fourth-order valence-corrected chi connectivity index (χ4v) is 3.73. The van der Waals surface area contributed by atoms with E-state index in [2.05, 4.69) is 20.2 Å². The maximum Gasteiger partial charge on any atom is 0.229 e. The SMILES string of the molecule is Cn1ncc2c(Nc3ccc(F)cc3)nc(N3CCN(c4ccc(F)cc4)CC3)nc21. The fraction of sp³-hybridized carbons (Fsp3) is 0.227. The van der Waals surface area contributed by atoms with Crippen LogP contribution in [-0.4, -0.2) is 45.9 Å². The number of halogens is 2. The molecule has 31 heavy (non-hydrogen) atoms. The minimum absolute atomic E-state index is 0.235. The van der Waals surface area contributed by atoms with Crippen LogP contribution < -0.4 is 15.1 Å². The molecule has 9 heteroatoms. The summed E-state index contributed by atoms with van der Waals surface area (Å²) in [6.07, 6.45) is 1.72. The highest BCUT2D eigenvalue weighted by Gasteiger charge is 2.22. The molecule has 2 aromatic heterocycles. The second-order valence-corrected chi connectivity index (χ2v) is 7.46. The first-order chi connectivity index (χ1) is 15.1. The van der Waals surface area contributed by atoms with E-state index in [1.165, 1.54) is 24.3 Å². The highest BCUT2D eigenvalue weighted by Crippen LogP contribution is 2.27. The average molecular weight is 421 g/mol. The third-order valence-electron chi connectivity index (χ3n) is 5.44. The quantitative estimate of drug-likeness (QED) is 0.542. The minimum Gasteiger partial charge on any atom is -0.368 e. The van der Waals surface area contributed by atoms with Gasteiger partial charge in [-0.1, -0.05) is 0 Å². The Morgan fingerprint density at radius 2 is 1.42 bits per heavy atom. The van der Waals surface area contributed by atoms with E-state index in [-0.39, 0.29) is 11.6 Å². The summed E-state index contributed by atoms with van der Waals surface area (Å²) in [6, 6.07) is 12.7. The molecule has 2 aromatic carbocycles. The Balaban J connectivity index is 1.40. The lowest BCUT2D eigenvalue weighted by Gasteiger charge is -2.36. The van der Waals surface area contributed by atoms with Gasteiger partial charge < -0.3 is 15.1 Å². The van der Waals surface area contributed by atoms with E-state index in [9.17, 15) is 8.78 Å². The van der Waals surface area contributed by atoms with Crippen molar-refractivity contribution in [3.8, 4) is 0 Å². The van der Waals surface area contributed by atoms with Crippen LogP contribution in [0.15, 0.2) is 54.7 Å². The Labute approximate surface area is 177 Å². The molecule has 0 saturated carbocycles. The highest BCUT2D eigenvalue weighted by molar-refractivity contribution is 5.89. The third kappa shape index (κ3) is 3.86. The van der Waals surface area contributed by atoms with Crippen molar-refractivity contribution in [1.29, 1.82) is 0 Å². The lowest BCUT2D eigenvalue weighted by atomic mass is 10.2. The number of aryl methyl sites for hydroxylation is 1. The topological polar surface area (TPSA) is 62.1 Å². The van der Waals surface area contributed by atoms with E-state index in [4.69, 9.17) is 9.97 Å². The molecule has 0 amide bonds. The molecule has 0 unspecified atom stereocenters. The van der Waals surface area contributed by atoms with Crippen molar-refractivity contribution >= 4 is 34.2 Å². The summed E-state index contributed by atoms with van der Waals surface area (Å²) in [4.78, 5) is 13.8. The number of benzene rings is 2. The van der Waals surface area contributed by atoms with E-state index in [0.717, 1.165) is 48.6 Å². The molecule has 0 spiro atoms. The number of rotatable bonds is 4. The van der Waals surface area contributed by atoms with Crippen LogP contribution in [-0.2, 0) is 7.05 Å². The lowest BCUT2D eigenvalue weighted by Crippen LogP contribution is -2.47. The summed E-state index contributed by atoms with van der Waals surface area (Å²) in [7, 11) is 1.84. The number of nitrogens with zero attached hydrogens (tertiary/aromatic N) is 6. The van der Waals surface area contributed by atoms with Crippen molar-refractivity contribution in [1.82, 2.24) is 19.7 Å². The second kappa shape index (κ2) is 7.82. The zero-order chi connectivity index (χ0) is 21.4. The van der Waals surface area contributed by atoms with Gasteiger partial charge in [0, 0.05) is 44.6 Å². The first-order valence-corrected chi connectivity index (χ1v) is 10.0. The van der Waals surface area contributed by atoms with Crippen LogP contribution in [0.25, 0.3) is 11.0 Å². The summed E-state index contributed by atoms with van der Waals surface area (Å²) >= 11 is 0. The molecule has 158 valence electrons. The Kier molecular flexibility index (Phi) is 4.85. The number of fused-ring (bicyclic) bond motifs is 1. The van der Waals surface area contributed by atoms with Crippen molar-refractivity contribution in [2.75, 3.05) is 41.3 Å². The van der Waals surface area contributed by atoms with E-state index in [1.54, 1.807) is 35.1 Å². The van der Waals surface area contributed by atoms with Crippen molar-refractivity contribution < 1.29 is 8.78 Å². The molecule has 7 nitrogen and oxygen atoms in total. The van der Waals surface area contributed by atoms with E-state index >= 15 is 0 Å². The molecule has 1 aliphatic rings. The first kappa shape index (κ1) is 19.2. The van der Waals surface area contributed by atoms with E-state index < -0.39 is 0 Å². The second-order valence-electron chi connectivity index (χ2n) is 7.46. The predicted octanol–water partition coefficient (Wildman–Crippen LogP) is 3.71. The van der Waals surface area contributed by atoms with Crippen LogP contribution in [0.3, 0.4) is 0 Å². The van der Waals surface area contributed by atoms with Crippen molar-refractivity contribution in [2.45, 2.75) is 0 Å². The molecule has 1 N–H and O–H groups in total. The molecule has 0 atom stereocenters. The Bertz CT molecular complexity index is 1200. The van der Waals surface area contributed by atoms with Gasteiger partial charge >= 0.3 is 0 Å². The van der Waals surface area contributed by atoms with Crippen molar-refractivity contribution in [3.63, 3.8) is 0 Å². The van der Waals surface area contributed by atoms with Gasteiger partial charge in [-0.05, 0) is 48.5 Å². The molecular formula is C22H21F2N7. The van der Waals surface area contributed by atoms with Gasteiger partial charge in [0.15, 0.2) is 5.65 Å². The smallest absolute Gasteiger partial charge is 0.229 e. The molecule has 1 aliphatic heterocycles. The normalized spacial score (nSPS) is 14.3. The van der Waals surface area contributed by atoms with Gasteiger partial charge in [-0.2, -0.15) is 15.1 Å². The highest BCUT2D eigenvalue weighted by atomic mass is 19.1. The maximum atomic E-state index is 13.3. The summed E-state index contributed by atoms with van der Waals surface area (Å²) < 4.78 is 28.2. The summed E-state index contributed by atoms with van der Waals surface area (Å²) in [5.41, 5.74) is 2.45. The lowest BCUT2D eigenvalue weighted by molar-refractivity contribution is 0.623. The van der Waals surface area contributed by atoms with Gasteiger partial charge in [0.05, 0.1) is 11.6 Å². The summed E-state index contributed by atoms with van der Waals surface area (Å²) in [6.45, 7) is 3.02. The van der Waals surface area contributed by atoms with Gasteiger partial charge in [0.2, 0.25) is 5.95 Å². The largest absolute Gasteiger partial charge is 0.368 e. The van der Waals surface area contributed by atoms with E-state index in [0.29, 0.717) is 11.8 Å². The maximum absolute atomic E-state index is 13.3. The zero-order valence-corrected chi connectivity index (χ0v) is 17.0. The summed E-state index contributed by atoms with van der Waals surface area (Å²) in [5.74, 6) is 0.709. The third-order valence-corrected chi connectivity index (χ3v) is 5.44. The average Bonchev–Trinajstić information content (AvgIpc) is 3.17. The van der Waals surface area contributed by atoms with Crippen LogP contribution in [0.2, 0.25) is 0 Å². The fourth-order valence-electron chi connectivity index (χ4n) is 3.73.